The van der Waals surface area contributed by atoms with Crippen LogP contribution in [-0.2, 0) is 6.61 Å². The minimum Gasteiger partial charge on any atom is -0.390 e. The van der Waals surface area contributed by atoms with Gasteiger partial charge in [-0.25, -0.2) is 0 Å². The minimum absolute atomic E-state index is 0.0506. The van der Waals surface area contributed by atoms with Gasteiger partial charge >= 0.3 is 0 Å². The SMILES string of the molecule is [B]c1cccc(CO)n1. The third-order valence-corrected chi connectivity index (χ3v) is 0.990. The van der Waals surface area contributed by atoms with Crippen LogP contribution in [0.25, 0.3) is 0 Å². The Kier molecular flexibility index (Phi) is 1.85. The molecule has 9 heavy (non-hydrogen) atoms. The summed E-state index contributed by atoms with van der Waals surface area (Å²) in [6.45, 7) is -0.0506. The molecule has 0 aromatic carbocycles. The summed E-state index contributed by atoms with van der Waals surface area (Å²) in [6.07, 6.45) is 0. The molecule has 0 unspecified atom stereocenters. The fourth-order valence-corrected chi connectivity index (χ4v) is 0.586. The van der Waals surface area contributed by atoms with E-state index in [0.717, 1.165) is 0 Å². The van der Waals surface area contributed by atoms with Crippen molar-refractivity contribution in [2.75, 3.05) is 0 Å². The number of aliphatic hydroxyl groups is 1. The lowest BCUT2D eigenvalue weighted by Gasteiger charge is -1.94. The topological polar surface area (TPSA) is 33.1 Å². The van der Waals surface area contributed by atoms with E-state index in [9.17, 15) is 0 Å². The summed E-state index contributed by atoms with van der Waals surface area (Å²) in [4.78, 5) is 3.82. The minimum atomic E-state index is -0.0506. The van der Waals surface area contributed by atoms with Crippen LogP contribution in [-0.4, -0.2) is 17.9 Å². The molecule has 3 heteroatoms. The van der Waals surface area contributed by atoms with Crippen LogP contribution in [0.3, 0.4) is 0 Å². The van der Waals surface area contributed by atoms with E-state index in [1.165, 1.54) is 0 Å². The maximum absolute atomic E-state index is 8.54. The van der Waals surface area contributed by atoms with E-state index in [1.807, 2.05) is 0 Å². The number of pyridine rings is 1. The van der Waals surface area contributed by atoms with E-state index in [1.54, 1.807) is 18.2 Å². The Morgan fingerprint density at radius 2 is 2.33 bits per heavy atom. The second kappa shape index (κ2) is 2.64. The van der Waals surface area contributed by atoms with Gasteiger partial charge in [0.15, 0.2) is 0 Å². The van der Waals surface area contributed by atoms with Crippen LogP contribution in [0.5, 0.6) is 0 Å². The predicted octanol–water partition coefficient (Wildman–Crippen LogP) is -0.632. The third kappa shape index (κ3) is 1.54. The van der Waals surface area contributed by atoms with Crippen molar-refractivity contribution in [3.8, 4) is 0 Å². The highest BCUT2D eigenvalue weighted by molar-refractivity contribution is 6.30. The van der Waals surface area contributed by atoms with E-state index in [0.29, 0.717) is 11.3 Å². The van der Waals surface area contributed by atoms with Crippen LogP contribution in [0.1, 0.15) is 5.69 Å². The smallest absolute Gasteiger partial charge is 0.141 e. The summed E-state index contributed by atoms with van der Waals surface area (Å²) in [5.41, 5.74) is 1.05. The number of rotatable bonds is 1. The maximum atomic E-state index is 8.54. The first kappa shape index (κ1) is 6.30. The van der Waals surface area contributed by atoms with Crippen molar-refractivity contribution in [1.29, 1.82) is 0 Å². The fourth-order valence-electron chi connectivity index (χ4n) is 0.586. The van der Waals surface area contributed by atoms with Crippen molar-refractivity contribution in [1.82, 2.24) is 4.98 Å². The van der Waals surface area contributed by atoms with E-state index in [2.05, 4.69) is 4.98 Å². The first-order valence-electron chi connectivity index (χ1n) is 2.65. The van der Waals surface area contributed by atoms with Crippen molar-refractivity contribution in [3.63, 3.8) is 0 Å². The summed E-state index contributed by atoms with van der Waals surface area (Å²) < 4.78 is 0. The molecule has 0 atom stereocenters. The standard InChI is InChI=1S/C6H6BNO/c7-6-3-1-2-5(4-9)8-6/h1-3,9H,4H2. The van der Waals surface area contributed by atoms with Gasteiger partial charge in [0.05, 0.1) is 12.3 Å². The van der Waals surface area contributed by atoms with Gasteiger partial charge in [-0.05, 0) is 11.7 Å². The number of aromatic nitrogens is 1. The van der Waals surface area contributed by atoms with Crippen molar-refractivity contribution >= 4 is 13.4 Å². The highest BCUT2D eigenvalue weighted by Crippen LogP contribution is 1.88. The van der Waals surface area contributed by atoms with Gasteiger partial charge in [0.1, 0.15) is 7.85 Å². The zero-order valence-electron chi connectivity index (χ0n) is 4.91. The lowest BCUT2D eigenvalue weighted by Crippen LogP contribution is -2.09. The molecule has 1 aromatic rings. The van der Waals surface area contributed by atoms with Gasteiger partial charge in [-0.2, -0.15) is 0 Å². The second-order valence-electron chi connectivity index (χ2n) is 1.71. The Morgan fingerprint density at radius 3 is 2.78 bits per heavy atom. The summed E-state index contributed by atoms with van der Waals surface area (Å²) in [7, 11) is 5.31. The molecule has 1 aromatic heterocycles. The maximum Gasteiger partial charge on any atom is 0.141 e. The third-order valence-electron chi connectivity index (χ3n) is 0.990. The summed E-state index contributed by atoms with van der Waals surface area (Å²) in [5, 5.41) is 8.54. The molecule has 0 fully saturated rings. The molecular weight excluding hydrogens is 113 g/mol. The molecule has 2 nitrogen and oxygen atoms in total. The van der Waals surface area contributed by atoms with E-state index >= 15 is 0 Å². The van der Waals surface area contributed by atoms with Crippen LogP contribution in [0, 0.1) is 0 Å². The predicted molar refractivity (Wildman–Crippen MR) is 35.5 cm³/mol. The quantitative estimate of drug-likeness (QED) is 0.499. The normalized spacial score (nSPS) is 9.44. The Labute approximate surface area is 55.0 Å². The monoisotopic (exact) mass is 119 g/mol. The zero-order valence-corrected chi connectivity index (χ0v) is 4.91. The zero-order chi connectivity index (χ0) is 6.69. The molecule has 0 spiro atoms. The molecule has 0 aliphatic heterocycles. The molecule has 0 saturated heterocycles. The molecule has 44 valence electrons. The van der Waals surface area contributed by atoms with Crippen LogP contribution >= 0.6 is 0 Å². The Hall–Kier alpha value is -0.825. The first-order valence-corrected chi connectivity index (χ1v) is 2.65. The molecule has 1 heterocycles. The van der Waals surface area contributed by atoms with Gasteiger partial charge in [0, 0.05) is 0 Å². The van der Waals surface area contributed by atoms with Crippen LogP contribution in [0.2, 0.25) is 0 Å². The first-order chi connectivity index (χ1) is 4.33. The molecule has 0 aliphatic rings. The summed E-state index contributed by atoms with van der Waals surface area (Å²) in [5.74, 6) is 0. The molecule has 2 radical (unpaired) electrons. The van der Waals surface area contributed by atoms with Gasteiger partial charge in [-0.3, -0.25) is 4.98 Å². The molecular formula is C6H6BNO. The number of nitrogens with zero attached hydrogens (tertiary/aromatic N) is 1. The van der Waals surface area contributed by atoms with Crippen molar-refractivity contribution in [2.45, 2.75) is 6.61 Å². The summed E-state index contributed by atoms with van der Waals surface area (Å²) in [6, 6.07) is 5.16. The van der Waals surface area contributed by atoms with Gasteiger partial charge < -0.3 is 5.11 Å². The fraction of sp³-hybridized carbons (Fsp3) is 0.167. The van der Waals surface area contributed by atoms with E-state index in [-0.39, 0.29) is 6.61 Å². The van der Waals surface area contributed by atoms with Crippen molar-refractivity contribution in [3.05, 3.63) is 23.9 Å². The highest BCUT2D eigenvalue weighted by Gasteiger charge is 1.88. The molecule has 0 aliphatic carbocycles. The van der Waals surface area contributed by atoms with Crippen LogP contribution in [0.4, 0.5) is 0 Å². The average molecular weight is 119 g/mol. The molecule has 0 amide bonds. The van der Waals surface area contributed by atoms with E-state index < -0.39 is 0 Å². The van der Waals surface area contributed by atoms with Gasteiger partial charge in [-0.15, -0.1) is 0 Å². The van der Waals surface area contributed by atoms with Gasteiger partial charge in [-0.1, -0.05) is 12.1 Å². The average Bonchev–Trinajstić information content (AvgIpc) is 1.88. The van der Waals surface area contributed by atoms with Crippen LogP contribution in [0.15, 0.2) is 18.2 Å². The Morgan fingerprint density at radius 1 is 1.56 bits per heavy atom. The van der Waals surface area contributed by atoms with Crippen LogP contribution < -0.4 is 5.59 Å². The molecule has 0 bridgehead atoms. The second-order valence-corrected chi connectivity index (χ2v) is 1.71. The lowest BCUT2D eigenvalue weighted by molar-refractivity contribution is 0.277. The number of hydrogen-bond acceptors (Lipinski definition) is 2. The number of aliphatic hydroxyl groups excluding tert-OH is 1. The Balaban J connectivity index is 2.94. The number of hydrogen-bond donors (Lipinski definition) is 1. The highest BCUT2D eigenvalue weighted by atomic mass is 16.3. The van der Waals surface area contributed by atoms with Crippen molar-refractivity contribution < 1.29 is 5.11 Å². The lowest BCUT2D eigenvalue weighted by atomic mass is 10.0. The largest absolute Gasteiger partial charge is 0.390 e. The van der Waals surface area contributed by atoms with E-state index in [4.69, 9.17) is 13.0 Å². The van der Waals surface area contributed by atoms with Gasteiger partial charge in [0.2, 0.25) is 0 Å². The molecule has 1 N–H and O–H groups in total. The molecule has 1 rings (SSSR count). The Bertz CT molecular complexity index is 202. The summed E-state index contributed by atoms with van der Waals surface area (Å²) >= 11 is 0. The van der Waals surface area contributed by atoms with Crippen molar-refractivity contribution in [2.24, 2.45) is 0 Å². The van der Waals surface area contributed by atoms with Gasteiger partial charge in [0.25, 0.3) is 0 Å². The molecule has 0 saturated carbocycles.